The Morgan fingerprint density at radius 1 is 0.745 bits per heavy atom. The fourth-order valence-corrected chi connectivity index (χ4v) is 5.78. The molecule has 0 saturated heterocycles. The second kappa shape index (κ2) is 13.8. The van der Waals surface area contributed by atoms with Crippen LogP contribution < -0.4 is 10.1 Å². The number of nitrogens with zero attached hydrogens (tertiary/aromatic N) is 1. The summed E-state index contributed by atoms with van der Waals surface area (Å²) < 4.78 is 18.0. The van der Waals surface area contributed by atoms with Gasteiger partial charge in [-0.05, 0) is 61.7 Å². The number of fused-ring (bicyclic) bond motifs is 1. The van der Waals surface area contributed by atoms with Crippen molar-refractivity contribution in [2.24, 2.45) is 5.41 Å². The van der Waals surface area contributed by atoms with E-state index in [4.69, 9.17) is 14.2 Å². The summed E-state index contributed by atoms with van der Waals surface area (Å²) in [6.07, 6.45) is -0.703. The lowest BCUT2D eigenvalue weighted by atomic mass is 9.79. The number of imide groups is 1. The Balaban J connectivity index is 1.59. The van der Waals surface area contributed by atoms with Crippen LogP contribution in [0.15, 0.2) is 109 Å². The van der Waals surface area contributed by atoms with Gasteiger partial charge < -0.3 is 24.6 Å². The summed E-state index contributed by atoms with van der Waals surface area (Å²) in [5.74, 6) is -0.290. The lowest BCUT2D eigenvalue weighted by Gasteiger charge is -2.41. The van der Waals surface area contributed by atoms with Crippen molar-refractivity contribution in [3.8, 4) is 5.75 Å². The Morgan fingerprint density at radius 3 is 1.70 bits per heavy atom. The van der Waals surface area contributed by atoms with E-state index in [0.29, 0.717) is 5.75 Å². The highest BCUT2D eigenvalue weighted by Crippen LogP contribution is 2.42. The summed E-state index contributed by atoms with van der Waals surface area (Å²) in [6, 6.07) is 33.5. The Kier molecular flexibility index (Phi) is 9.79. The van der Waals surface area contributed by atoms with Crippen molar-refractivity contribution in [1.29, 1.82) is 0 Å². The highest BCUT2D eigenvalue weighted by Gasteiger charge is 2.45. The van der Waals surface area contributed by atoms with Gasteiger partial charge in [0.25, 0.3) is 11.8 Å². The maximum atomic E-state index is 13.5. The number of ether oxygens (including phenoxy) is 3. The van der Waals surface area contributed by atoms with Crippen molar-refractivity contribution in [3.63, 3.8) is 0 Å². The Morgan fingerprint density at radius 2 is 1.23 bits per heavy atom. The van der Waals surface area contributed by atoms with Crippen molar-refractivity contribution in [2.75, 3.05) is 33.4 Å². The second-order valence-corrected chi connectivity index (χ2v) is 12.7. The predicted molar refractivity (Wildman–Crippen MR) is 177 cm³/mol. The first-order valence-electron chi connectivity index (χ1n) is 15.4. The number of aliphatic hydroxyl groups excluding tert-OH is 1. The normalized spacial score (nSPS) is 14.4. The van der Waals surface area contributed by atoms with Crippen LogP contribution in [0.3, 0.4) is 0 Å². The molecule has 0 bridgehead atoms. The van der Waals surface area contributed by atoms with Crippen LogP contribution in [0.1, 0.15) is 58.2 Å². The van der Waals surface area contributed by atoms with Gasteiger partial charge in [0.05, 0.1) is 36.9 Å². The van der Waals surface area contributed by atoms with Gasteiger partial charge in [0, 0.05) is 13.1 Å². The lowest BCUT2D eigenvalue weighted by Crippen LogP contribution is -2.53. The molecule has 0 saturated carbocycles. The fraction of sp³-hybridized carbons (Fsp3) is 0.289. The quantitative estimate of drug-likeness (QED) is 0.149. The molecule has 5 rings (SSSR count). The van der Waals surface area contributed by atoms with Crippen molar-refractivity contribution < 1.29 is 33.7 Å². The maximum Gasteiger partial charge on any atom is 0.407 e. The molecule has 4 aromatic rings. The van der Waals surface area contributed by atoms with E-state index in [1.807, 2.05) is 84.9 Å². The third-order valence-electron chi connectivity index (χ3n) is 8.17. The van der Waals surface area contributed by atoms with Crippen LogP contribution in [0.5, 0.6) is 5.75 Å². The topological polar surface area (TPSA) is 114 Å². The molecule has 3 amide bonds. The Bertz CT molecular complexity index is 1630. The first-order valence-corrected chi connectivity index (χ1v) is 15.4. The van der Waals surface area contributed by atoms with E-state index < -0.39 is 41.1 Å². The number of aliphatic hydroxyl groups is 1. The third kappa shape index (κ3) is 7.06. The van der Waals surface area contributed by atoms with Gasteiger partial charge in [-0.25, -0.2) is 4.79 Å². The molecule has 1 atom stereocenters. The van der Waals surface area contributed by atoms with E-state index in [1.54, 1.807) is 52.1 Å². The smallest absolute Gasteiger partial charge is 0.407 e. The highest BCUT2D eigenvalue weighted by molar-refractivity contribution is 6.21. The molecule has 1 aliphatic heterocycles. The minimum atomic E-state index is -1.34. The van der Waals surface area contributed by atoms with Gasteiger partial charge in [-0.15, -0.1) is 0 Å². The third-order valence-corrected chi connectivity index (χ3v) is 8.17. The molecule has 1 aliphatic rings. The largest absolute Gasteiger partial charge is 0.497 e. The molecule has 47 heavy (non-hydrogen) atoms. The average Bonchev–Trinajstić information content (AvgIpc) is 3.32. The molecule has 0 fully saturated rings. The molecule has 2 N–H and O–H groups in total. The monoisotopic (exact) mass is 636 g/mol. The lowest BCUT2D eigenvalue weighted by molar-refractivity contribution is -0.0642. The van der Waals surface area contributed by atoms with E-state index in [9.17, 15) is 19.5 Å². The number of hydrogen-bond acceptors (Lipinski definition) is 7. The van der Waals surface area contributed by atoms with E-state index in [0.717, 1.165) is 21.6 Å². The summed E-state index contributed by atoms with van der Waals surface area (Å²) in [5.41, 5.74) is -0.349. The zero-order valence-corrected chi connectivity index (χ0v) is 27.1. The van der Waals surface area contributed by atoms with Crippen LogP contribution in [0.2, 0.25) is 0 Å². The van der Waals surface area contributed by atoms with Crippen molar-refractivity contribution in [3.05, 3.63) is 137 Å². The van der Waals surface area contributed by atoms with Gasteiger partial charge in [0.15, 0.2) is 0 Å². The van der Waals surface area contributed by atoms with Gasteiger partial charge >= 0.3 is 6.09 Å². The number of amides is 3. The molecule has 1 unspecified atom stereocenters. The molecule has 0 radical (unpaired) electrons. The van der Waals surface area contributed by atoms with Crippen LogP contribution in [0.4, 0.5) is 4.79 Å². The number of hydrogen-bond donors (Lipinski definition) is 2. The van der Waals surface area contributed by atoms with E-state index >= 15 is 0 Å². The van der Waals surface area contributed by atoms with Crippen LogP contribution in [0, 0.1) is 5.41 Å². The van der Waals surface area contributed by atoms with Gasteiger partial charge in [-0.2, -0.15) is 0 Å². The van der Waals surface area contributed by atoms with Crippen molar-refractivity contribution >= 4 is 17.9 Å². The molecule has 244 valence electrons. The molecule has 0 aromatic heterocycles. The van der Waals surface area contributed by atoms with Gasteiger partial charge in [-0.3, -0.25) is 14.5 Å². The van der Waals surface area contributed by atoms with Crippen molar-refractivity contribution in [1.82, 2.24) is 10.2 Å². The maximum absolute atomic E-state index is 13.5. The minimum Gasteiger partial charge on any atom is -0.497 e. The van der Waals surface area contributed by atoms with Crippen LogP contribution in [0.25, 0.3) is 0 Å². The summed E-state index contributed by atoms with van der Waals surface area (Å²) in [6.45, 7) is 4.15. The van der Waals surface area contributed by atoms with Crippen molar-refractivity contribution in [2.45, 2.75) is 32.0 Å². The van der Waals surface area contributed by atoms with Crippen LogP contribution in [-0.4, -0.2) is 66.9 Å². The molecule has 0 spiro atoms. The zero-order valence-electron chi connectivity index (χ0n) is 27.1. The number of carbonyl (C=O) groups is 3. The SMILES string of the molecule is COc1ccc(C(OCC(CO)(CNC(=O)OC(C)(C)C)CN2C(=O)c3ccccc3C2=O)(c2ccccc2)c2ccccc2)cc1. The molecule has 4 aromatic carbocycles. The summed E-state index contributed by atoms with van der Waals surface area (Å²) in [4.78, 5) is 41.0. The number of alkyl carbamates (subject to hydrolysis) is 1. The number of benzene rings is 4. The highest BCUT2D eigenvalue weighted by atomic mass is 16.6. The minimum absolute atomic E-state index is 0.159. The number of rotatable bonds is 12. The standard InChI is InChI=1S/C38H40N2O7/c1-36(2,3)47-35(44)39-23-37(25-41,24-40-33(42)31-17-11-12-18-32(31)34(40)43)26-46-38(27-13-7-5-8-14-27,28-15-9-6-10-16-28)29-19-21-30(45-4)22-20-29/h5-22,41H,23-26H2,1-4H3,(H,39,44). The van der Waals surface area contributed by atoms with Crippen LogP contribution >= 0.6 is 0 Å². The summed E-state index contributed by atoms with van der Waals surface area (Å²) in [5, 5.41) is 13.9. The fourth-order valence-electron chi connectivity index (χ4n) is 5.78. The van der Waals surface area contributed by atoms with E-state index in [1.165, 1.54) is 0 Å². The van der Waals surface area contributed by atoms with Gasteiger partial charge in [0.2, 0.25) is 0 Å². The number of nitrogens with one attached hydrogen (secondary N) is 1. The Hall–Kier alpha value is -4.99. The number of carbonyl (C=O) groups excluding carboxylic acids is 3. The molecular formula is C38H40N2O7. The van der Waals surface area contributed by atoms with E-state index in [-0.39, 0.29) is 30.8 Å². The van der Waals surface area contributed by atoms with Crippen LogP contribution in [-0.2, 0) is 15.1 Å². The molecule has 9 heteroatoms. The number of methoxy groups -OCH3 is 1. The first kappa shape index (κ1) is 33.4. The molecule has 1 heterocycles. The summed E-state index contributed by atoms with van der Waals surface area (Å²) >= 11 is 0. The zero-order chi connectivity index (χ0) is 33.7. The second-order valence-electron chi connectivity index (χ2n) is 12.7. The predicted octanol–water partition coefficient (Wildman–Crippen LogP) is 5.80. The first-order chi connectivity index (χ1) is 22.5. The summed E-state index contributed by atoms with van der Waals surface area (Å²) in [7, 11) is 1.60. The van der Waals surface area contributed by atoms with Gasteiger partial charge in [0.1, 0.15) is 17.0 Å². The molecule has 9 nitrogen and oxygen atoms in total. The van der Waals surface area contributed by atoms with E-state index in [2.05, 4.69) is 5.32 Å². The average molecular weight is 637 g/mol. The Labute approximate surface area is 275 Å². The van der Waals surface area contributed by atoms with Gasteiger partial charge in [-0.1, -0.05) is 84.9 Å². The molecular weight excluding hydrogens is 596 g/mol. The molecule has 0 aliphatic carbocycles.